The number of fused-ring (bicyclic) bond motifs is 1. The molecule has 0 atom stereocenters. The molecule has 0 aliphatic heterocycles. The highest BCUT2D eigenvalue weighted by atomic mass is 32.1. The quantitative estimate of drug-likeness (QED) is 0.618. The second-order valence-corrected chi connectivity index (χ2v) is 5.88. The van der Waals surface area contributed by atoms with Crippen molar-refractivity contribution in [3.05, 3.63) is 54.4 Å². The Bertz CT molecular complexity index is 1010. The van der Waals surface area contributed by atoms with E-state index in [4.69, 9.17) is 4.74 Å². The maximum absolute atomic E-state index is 9.75. The number of imidazole rings is 1. The molecule has 2 heterocycles. The number of hydrogen-bond acceptors (Lipinski definition) is 6. The second-order valence-electron chi connectivity index (χ2n) is 5.35. The molecule has 2 aromatic carbocycles. The summed E-state index contributed by atoms with van der Waals surface area (Å²) in [7, 11) is 1.53. The van der Waals surface area contributed by atoms with Crippen molar-refractivity contribution in [2.24, 2.45) is 0 Å². The van der Waals surface area contributed by atoms with Crippen molar-refractivity contribution in [3.63, 3.8) is 0 Å². The van der Waals surface area contributed by atoms with Crippen LogP contribution < -0.4 is 4.74 Å². The van der Waals surface area contributed by atoms with Crippen LogP contribution >= 0.6 is 11.7 Å². The number of aromatic hydroxyl groups is 1. The van der Waals surface area contributed by atoms with E-state index in [1.165, 1.54) is 18.8 Å². The van der Waals surface area contributed by atoms with Crippen LogP contribution in [0.15, 0.2) is 48.8 Å². The number of methoxy groups -OCH3 is 1. The number of phenolic OH excluding ortho intramolecular Hbond substituents is 1. The predicted molar refractivity (Wildman–Crippen MR) is 92.4 cm³/mol. The van der Waals surface area contributed by atoms with Gasteiger partial charge < -0.3 is 14.4 Å². The molecule has 4 aromatic rings. The predicted octanol–water partition coefficient (Wildman–Crippen LogP) is 3.32. The summed E-state index contributed by atoms with van der Waals surface area (Å²) in [6.07, 6.45) is 3.69. The Kier molecular flexibility index (Phi) is 3.62. The topological polar surface area (TPSA) is 73.1 Å². The van der Waals surface area contributed by atoms with E-state index >= 15 is 0 Å². The summed E-state index contributed by atoms with van der Waals surface area (Å²) in [5.74, 6) is 1.35. The summed E-state index contributed by atoms with van der Waals surface area (Å²) < 4.78 is 15.7. The highest BCUT2D eigenvalue weighted by Gasteiger charge is 2.10. The molecule has 0 radical (unpaired) electrons. The van der Waals surface area contributed by atoms with Crippen molar-refractivity contribution in [3.8, 4) is 22.9 Å². The first-order valence-corrected chi connectivity index (χ1v) is 8.07. The summed E-state index contributed by atoms with van der Waals surface area (Å²) in [6.45, 7) is 0.673. The SMILES string of the molecule is COc1cc(-c2nccn2Cc2ccc3nsnc3c2)ccc1O. The molecule has 4 rings (SSSR count). The number of hydrogen-bond donors (Lipinski definition) is 1. The molecule has 7 heteroatoms. The van der Waals surface area contributed by atoms with Gasteiger partial charge in [-0.1, -0.05) is 6.07 Å². The van der Waals surface area contributed by atoms with Gasteiger partial charge in [0, 0.05) is 24.5 Å². The van der Waals surface area contributed by atoms with Gasteiger partial charge >= 0.3 is 0 Å². The van der Waals surface area contributed by atoms with Crippen molar-refractivity contribution in [2.75, 3.05) is 7.11 Å². The Morgan fingerprint density at radius 2 is 2.00 bits per heavy atom. The van der Waals surface area contributed by atoms with Gasteiger partial charge in [-0.05, 0) is 35.9 Å². The Hall–Kier alpha value is -2.93. The zero-order chi connectivity index (χ0) is 16.5. The second kappa shape index (κ2) is 5.93. The van der Waals surface area contributed by atoms with Gasteiger partial charge in [-0.15, -0.1) is 0 Å². The van der Waals surface area contributed by atoms with Crippen LogP contribution in [0.3, 0.4) is 0 Å². The van der Waals surface area contributed by atoms with Gasteiger partial charge in [0.25, 0.3) is 0 Å². The molecule has 0 amide bonds. The van der Waals surface area contributed by atoms with E-state index in [0.717, 1.165) is 28.0 Å². The van der Waals surface area contributed by atoms with Crippen LogP contribution in [0.5, 0.6) is 11.5 Å². The monoisotopic (exact) mass is 338 g/mol. The molecule has 0 spiro atoms. The lowest BCUT2D eigenvalue weighted by Gasteiger charge is -2.10. The summed E-state index contributed by atoms with van der Waals surface area (Å²) in [6, 6.07) is 11.3. The number of aromatic nitrogens is 4. The fourth-order valence-corrected chi connectivity index (χ4v) is 3.15. The first-order valence-electron chi connectivity index (χ1n) is 7.34. The Balaban J connectivity index is 1.69. The van der Waals surface area contributed by atoms with Gasteiger partial charge in [-0.2, -0.15) is 8.75 Å². The third-order valence-corrected chi connectivity index (χ3v) is 4.38. The maximum atomic E-state index is 9.75. The van der Waals surface area contributed by atoms with Gasteiger partial charge in [0.1, 0.15) is 16.9 Å². The van der Waals surface area contributed by atoms with Gasteiger partial charge in [0.15, 0.2) is 11.5 Å². The fraction of sp³-hybridized carbons (Fsp3) is 0.118. The summed E-state index contributed by atoms with van der Waals surface area (Å²) in [5.41, 5.74) is 3.83. The van der Waals surface area contributed by atoms with Crippen LogP contribution in [0.25, 0.3) is 22.4 Å². The van der Waals surface area contributed by atoms with Crippen LogP contribution in [0.4, 0.5) is 0 Å². The largest absolute Gasteiger partial charge is 0.504 e. The lowest BCUT2D eigenvalue weighted by Crippen LogP contribution is -2.01. The van der Waals surface area contributed by atoms with Crippen LogP contribution in [0, 0.1) is 0 Å². The normalized spacial score (nSPS) is 11.0. The van der Waals surface area contributed by atoms with Crippen molar-refractivity contribution >= 4 is 22.8 Å². The number of benzene rings is 2. The molecule has 0 aliphatic carbocycles. The number of nitrogens with zero attached hydrogens (tertiary/aromatic N) is 4. The van der Waals surface area contributed by atoms with E-state index in [1.54, 1.807) is 18.3 Å². The summed E-state index contributed by atoms with van der Waals surface area (Å²) >= 11 is 1.22. The summed E-state index contributed by atoms with van der Waals surface area (Å²) in [4.78, 5) is 4.44. The molecular formula is C17H14N4O2S. The lowest BCUT2D eigenvalue weighted by molar-refractivity contribution is 0.373. The van der Waals surface area contributed by atoms with Crippen molar-refractivity contribution < 1.29 is 9.84 Å². The van der Waals surface area contributed by atoms with Gasteiger partial charge in [-0.25, -0.2) is 4.98 Å². The van der Waals surface area contributed by atoms with Crippen molar-refractivity contribution in [1.29, 1.82) is 0 Å². The molecule has 0 fully saturated rings. The average Bonchev–Trinajstić information content (AvgIpc) is 3.24. The molecule has 2 aromatic heterocycles. The number of rotatable bonds is 4. The van der Waals surface area contributed by atoms with Crippen LogP contribution in [-0.2, 0) is 6.54 Å². The maximum Gasteiger partial charge on any atom is 0.161 e. The fourth-order valence-electron chi connectivity index (χ4n) is 2.64. The highest BCUT2D eigenvalue weighted by Crippen LogP contribution is 2.31. The first-order chi connectivity index (χ1) is 11.7. The molecule has 1 N–H and O–H groups in total. The van der Waals surface area contributed by atoms with E-state index < -0.39 is 0 Å². The molecule has 0 bridgehead atoms. The third-order valence-electron chi connectivity index (χ3n) is 3.82. The van der Waals surface area contributed by atoms with E-state index in [2.05, 4.69) is 13.7 Å². The number of phenols is 1. The number of ether oxygens (including phenoxy) is 1. The van der Waals surface area contributed by atoms with Crippen molar-refractivity contribution in [1.82, 2.24) is 18.3 Å². The summed E-state index contributed by atoms with van der Waals surface area (Å²) in [5, 5.41) is 9.75. The zero-order valence-corrected chi connectivity index (χ0v) is 13.7. The van der Waals surface area contributed by atoms with Gasteiger partial charge in [0.2, 0.25) is 0 Å². The van der Waals surface area contributed by atoms with Crippen molar-refractivity contribution in [2.45, 2.75) is 6.54 Å². The minimum Gasteiger partial charge on any atom is -0.504 e. The van der Waals surface area contributed by atoms with Gasteiger partial charge in [0.05, 0.1) is 18.8 Å². The molecule has 0 aliphatic rings. The highest BCUT2D eigenvalue weighted by molar-refractivity contribution is 7.00. The molecule has 0 unspecified atom stereocenters. The minimum absolute atomic E-state index is 0.112. The van der Waals surface area contributed by atoms with E-state index in [9.17, 15) is 5.11 Å². The van der Waals surface area contributed by atoms with E-state index in [1.807, 2.05) is 35.0 Å². The standard InChI is InChI=1S/C17H14N4O2S/c1-23-16-9-12(3-5-15(16)22)17-18-6-7-21(17)10-11-2-4-13-14(8-11)20-24-19-13/h2-9,22H,10H2,1H3. The van der Waals surface area contributed by atoms with E-state index in [0.29, 0.717) is 12.3 Å². The van der Waals surface area contributed by atoms with Crippen LogP contribution in [0.1, 0.15) is 5.56 Å². The molecule has 0 saturated heterocycles. The zero-order valence-electron chi connectivity index (χ0n) is 12.9. The average molecular weight is 338 g/mol. The molecular weight excluding hydrogens is 324 g/mol. The van der Waals surface area contributed by atoms with Gasteiger partial charge in [-0.3, -0.25) is 0 Å². The van der Waals surface area contributed by atoms with Crippen LogP contribution in [0.2, 0.25) is 0 Å². The minimum atomic E-state index is 0.112. The Labute approximate surface area is 142 Å². The first kappa shape index (κ1) is 14.6. The smallest absolute Gasteiger partial charge is 0.161 e. The Morgan fingerprint density at radius 1 is 1.12 bits per heavy atom. The van der Waals surface area contributed by atoms with Crippen LogP contribution in [-0.4, -0.2) is 30.5 Å². The molecule has 0 saturated carbocycles. The molecule has 120 valence electrons. The molecule has 6 nitrogen and oxygen atoms in total. The Morgan fingerprint density at radius 3 is 2.88 bits per heavy atom. The van der Waals surface area contributed by atoms with E-state index in [-0.39, 0.29) is 5.75 Å². The lowest BCUT2D eigenvalue weighted by atomic mass is 10.1. The molecule has 24 heavy (non-hydrogen) atoms. The third kappa shape index (κ3) is 2.59.